The highest BCUT2D eigenvalue weighted by Gasteiger charge is 2.23. The van der Waals surface area contributed by atoms with E-state index in [1.165, 1.54) is 30.3 Å². The van der Waals surface area contributed by atoms with E-state index in [1.807, 2.05) is 0 Å². The van der Waals surface area contributed by atoms with Gasteiger partial charge in [-0.1, -0.05) is 0 Å². The molecular formula is C16H11NO5. The molecule has 1 N–H and O–H groups in total. The van der Waals surface area contributed by atoms with E-state index in [1.54, 1.807) is 18.2 Å². The van der Waals surface area contributed by atoms with E-state index >= 15 is 0 Å². The third-order valence-electron chi connectivity index (χ3n) is 3.33. The summed E-state index contributed by atoms with van der Waals surface area (Å²) in [6, 6.07) is 10.2. The molecule has 3 rings (SSSR count). The monoisotopic (exact) mass is 297 g/mol. The van der Waals surface area contributed by atoms with E-state index in [4.69, 9.17) is 4.74 Å². The van der Waals surface area contributed by atoms with E-state index in [2.05, 4.69) is 0 Å². The molecule has 6 nitrogen and oxygen atoms in total. The number of ether oxygens (including phenoxy) is 1. The molecule has 0 saturated carbocycles. The lowest BCUT2D eigenvalue weighted by Gasteiger charge is -2.18. The molecule has 0 aliphatic carbocycles. The largest absolute Gasteiger partial charge is 0.508 e. The second-order valence-electron chi connectivity index (χ2n) is 4.82. The fraction of sp³-hybridized carbons (Fsp3) is 0.0625. The molecule has 1 heterocycles. The molecule has 6 heteroatoms. The third-order valence-corrected chi connectivity index (χ3v) is 3.33. The number of aromatic hydroxyl groups is 1. The molecule has 110 valence electrons. The molecule has 0 atom stereocenters. The molecular weight excluding hydrogens is 286 g/mol. The van der Waals surface area contributed by atoms with Gasteiger partial charge in [-0.3, -0.25) is 14.9 Å². The lowest BCUT2D eigenvalue weighted by molar-refractivity contribution is -0.384. The molecule has 0 fully saturated rings. The second-order valence-corrected chi connectivity index (χ2v) is 4.82. The van der Waals surface area contributed by atoms with Gasteiger partial charge in [-0.05, 0) is 35.9 Å². The number of benzene rings is 2. The van der Waals surface area contributed by atoms with Gasteiger partial charge in [0.2, 0.25) is 0 Å². The van der Waals surface area contributed by atoms with E-state index < -0.39 is 4.92 Å². The van der Waals surface area contributed by atoms with Gasteiger partial charge < -0.3 is 9.84 Å². The van der Waals surface area contributed by atoms with Crippen molar-refractivity contribution in [1.82, 2.24) is 0 Å². The molecule has 0 bridgehead atoms. The first-order valence-corrected chi connectivity index (χ1v) is 6.50. The van der Waals surface area contributed by atoms with Gasteiger partial charge in [0.1, 0.15) is 18.1 Å². The van der Waals surface area contributed by atoms with Crippen LogP contribution in [0.25, 0.3) is 6.08 Å². The Balaban J connectivity index is 1.91. The van der Waals surface area contributed by atoms with Gasteiger partial charge in [0, 0.05) is 23.8 Å². The Kier molecular flexibility index (Phi) is 3.34. The summed E-state index contributed by atoms with van der Waals surface area (Å²) in [5.41, 5.74) is 1.51. The highest BCUT2D eigenvalue weighted by atomic mass is 16.6. The topological polar surface area (TPSA) is 89.7 Å². The van der Waals surface area contributed by atoms with Crippen molar-refractivity contribution >= 4 is 17.5 Å². The Morgan fingerprint density at radius 1 is 1.18 bits per heavy atom. The average molecular weight is 297 g/mol. The molecule has 0 saturated heterocycles. The summed E-state index contributed by atoms with van der Waals surface area (Å²) >= 11 is 0. The highest BCUT2D eigenvalue weighted by molar-refractivity contribution is 6.14. The van der Waals surface area contributed by atoms with Crippen molar-refractivity contribution in [3.8, 4) is 11.5 Å². The van der Waals surface area contributed by atoms with Gasteiger partial charge in [0.15, 0.2) is 5.78 Å². The first-order chi connectivity index (χ1) is 10.5. The zero-order valence-electron chi connectivity index (χ0n) is 11.4. The van der Waals surface area contributed by atoms with Gasteiger partial charge in [0.05, 0.1) is 10.5 Å². The van der Waals surface area contributed by atoms with Crippen LogP contribution in [0.1, 0.15) is 15.9 Å². The number of carbonyl (C=O) groups is 1. The van der Waals surface area contributed by atoms with Crippen molar-refractivity contribution in [2.45, 2.75) is 0 Å². The molecule has 2 aromatic carbocycles. The van der Waals surface area contributed by atoms with Crippen molar-refractivity contribution in [2.75, 3.05) is 6.61 Å². The number of rotatable bonds is 2. The number of non-ortho nitro benzene ring substituents is 1. The summed E-state index contributed by atoms with van der Waals surface area (Å²) < 4.78 is 5.46. The number of hydrogen-bond donors (Lipinski definition) is 1. The van der Waals surface area contributed by atoms with Gasteiger partial charge in [-0.15, -0.1) is 0 Å². The summed E-state index contributed by atoms with van der Waals surface area (Å²) in [7, 11) is 0. The lowest BCUT2D eigenvalue weighted by atomic mass is 9.98. The maximum atomic E-state index is 12.4. The smallest absolute Gasteiger partial charge is 0.269 e. The standard InChI is InChI=1S/C16H11NO5/c18-13-5-6-14-15(8-13)22-9-11(16(14)19)7-10-1-3-12(4-2-10)17(20)21/h1-8,18H,9H2/b11-7+. The van der Waals surface area contributed by atoms with Crippen molar-refractivity contribution in [1.29, 1.82) is 0 Å². The molecule has 0 unspecified atom stereocenters. The van der Waals surface area contributed by atoms with Crippen LogP contribution in [0.3, 0.4) is 0 Å². The number of phenolic OH excluding ortho intramolecular Hbond substituents is 1. The van der Waals surface area contributed by atoms with Crippen LogP contribution in [0.15, 0.2) is 48.0 Å². The maximum Gasteiger partial charge on any atom is 0.269 e. The zero-order chi connectivity index (χ0) is 15.7. The number of hydrogen-bond acceptors (Lipinski definition) is 5. The predicted octanol–water partition coefficient (Wildman–Crippen LogP) is 2.96. The summed E-state index contributed by atoms with van der Waals surface area (Å²) in [5, 5.41) is 20.0. The van der Waals surface area contributed by atoms with Crippen molar-refractivity contribution in [2.24, 2.45) is 0 Å². The summed E-state index contributed by atoms with van der Waals surface area (Å²) in [6.07, 6.45) is 1.64. The Morgan fingerprint density at radius 2 is 1.91 bits per heavy atom. The van der Waals surface area contributed by atoms with E-state index in [0.717, 1.165) is 0 Å². The second kappa shape index (κ2) is 5.33. The number of carbonyl (C=O) groups excluding carboxylic acids is 1. The number of Topliss-reactive ketones (excluding diaryl/α,β-unsaturated/α-hetero) is 1. The molecule has 1 aliphatic rings. The quantitative estimate of drug-likeness (QED) is 0.523. The summed E-state index contributed by atoms with van der Waals surface area (Å²) in [4.78, 5) is 22.5. The molecule has 2 aromatic rings. The van der Waals surface area contributed by atoms with Crippen molar-refractivity contribution in [3.63, 3.8) is 0 Å². The van der Waals surface area contributed by atoms with Crippen LogP contribution in [-0.2, 0) is 0 Å². The lowest BCUT2D eigenvalue weighted by Crippen LogP contribution is -2.18. The number of fused-ring (bicyclic) bond motifs is 1. The van der Waals surface area contributed by atoms with E-state index in [9.17, 15) is 20.0 Å². The Morgan fingerprint density at radius 3 is 2.59 bits per heavy atom. The first kappa shape index (κ1) is 13.8. The number of phenols is 1. The van der Waals surface area contributed by atoms with Gasteiger partial charge in [-0.2, -0.15) is 0 Å². The first-order valence-electron chi connectivity index (χ1n) is 6.50. The molecule has 0 spiro atoms. The summed E-state index contributed by atoms with van der Waals surface area (Å²) in [5.74, 6) is 0.208. The minimum absolute atomic E-state index is 0.00538. The van der Waals surface area contributed by atoms with Crippen LogP contribution >= 0.6 is 0 Å². The zero-order valence-corrected chi connectivity index (χ0v) is 11.4. The van der Waals surface area contributed by atoms with Crippen LogP contribution in [0.4, 0.5) is 5.69 Å². The Hall–Kier alpha value is -3.15. The Bertz CT molecular complexity index is 793. The number of nitro groups is 1. The number of ketones is 1. The van der Waals surface area contributed by atoms with E-state index in [0.29, 0.717) is 22.4 Å². The van der Waals surface area contributed by atoms with Crippen LogP contribution in [0, 0.1) is 10.1 Å². The van der Waals surface area contributed by atoms with Crippen molar-refractivity contribution < 1.29 is 19.6 Å². The van der Waals surface area contributed by atoms with Crippen LogP contribution in [0.2, 0.25) is 0 Å². The van der Waals surface area contributed by atoms with E-state index in [-0.39, 0.29) is 23.8 Å². The molecule has 0 aromatic heterocycles. The molecule has 1 aliphatic heterocycles. The van der Waals surface area contributed by atoms with Gasteiger partial charge in [-0.25, -0.2) is 0 Å². The predicted molar refractivity (Wildman–Crippen MR) is 79.0 cm³/mol. The highest BCUT2D eigenvalue weighted by Crippen LogP contribution is 2.31. The maximum absolute atomic E-state index is 12.4. The minimum atomic E-state index is -0.478. The fourth-order valence-corrected chi connectivity index (χ4v) is 2.21. The van der Waals surface area contributed by atoms with Gasteiger partial charge >= 0.3 is 0 Å². The number of nitrogens with zero attached hydrogens (tertiary/aromatic N) is 1. The van der Waals surface area contributed by atoms with Crippen molar-refractivity contribution in [3.05, 3.63) is 69.3 Å². The SMILES string of the molecule is O=C1/C(=C/c2ccc([N+](=O)[O-])cc2)COc2cc(O)ccc21. The van der Waals surface area contributed by atoms with Crippen LogP contribution in [0.5, 0.6) is 11.5 Å². The Labute approximate surface area is 125 Å². The molecule has 0 amide bonds. The van der Waals surface area contributed by atoms with Crippen LogP contribution in [-0.4, -0.2) is 22.4 Å². The average Bonchev–Trinajstić information content (AvgIpc) is 2.50. The number of nitro benzene ring substituents is 1. The molecule has 0 radical (unpaired) electrons. The fourth-order valence-electron chi connectivity index (χ4n) is 2.21. The minimum Gasteiger partial charge on any atom is -0.508 e. The van der Waals surface area contributed by atoms with Gasteiger partial charge in [0.25, 0.3) is 5.69 Å². The molecule has 22 heavy (non-hydrogen) atoms. The van der Waals surface area contributed by atoms with Crippen LogP contribution < -0.4 is 4.74 Å². The normalized spacial score (nSPS) is 15.3. The summed E-state index contributed by atoms with van der Waals surface area (Å²) in [6.45, 7) is 0.0896. The third kappa shape index (κ3) is 2.54.